The molecule has 0 atom stereocenters. The fraction of sp³-hybridized carbons (Fsp3) is 0. The Morgan fingerprint density at radius 2 is 0.625 bits per heavy atom. The SMILES string of the molecule is c1ccc(-n2c3ccccc3c3ccc4c(c5ccccc5n4-c4ccc5c(c4)c4ccccc4n5-c4ccccc4-c4ccccc4-n4c5ccccc5c5ccccc54)c32)cc1. The van der Waals surface area contributed by atoms with Gasteiger partial charge in [-0.15, -0.1) is 0 Å². The van der Waals surface area contributed by atoms with E-state index in [4.69, 9.17) is 0 Å². The van der Waals surface area contributed by atoms with Gasteiger partial charge in [0.15, 0.2) is 0 Å². The molecule has 0 fully saturated rings. The molecule has 0 N–H and O–H groups in total. The van der Waals surface area contributed by atoms with Gasteiger partial charge in [0.25, 0.3) is 0 Å². The highest BCUT2D eigenvalue weighted by Gasteiger charge is 2.23. The Morgan fingerprint density at radius 1 is 0.219 bits per heavy atom. The predicted octanol–water partition coefficient (Wildman–Crippen LogP) is 15.7. The van der Waals surface area contributed by atoms with Crippen molar-refractivity contribution >= 4 is 87.2 Å². The number of rotatable bonds is 5. The smallest absolute Gasteiger partial charge is 0.0641 e. The van der Waals surface area contributed by atoms with Crippen LogP contribution >= 0.6 is 0 Å². The lowest BCUT2D eigenvalue weighted by Crippen LogP contribution is -2.01. The van der Waals surface area contributed by atoms with E-state index in [1.165, 1.54) is 98.4 Å². The summed E-state index contributed by atoms with van der Waals surface area (Å²) >= 11 is 0. The maximum absolute atomic E-state index is 2.47. The summed E-state index contributed by atoms with van der Waals surface area (Å²) in [4.78, 5) is 0. The van der Waals surface area contributed by atoms with Crippen molar-refractivity contribution in [1.29, 1.82) is 0 Å². The van der Waals surface area contributed by atoms with E-state index < -0.39 is 0 Å². The van der Waals surface area contributed by atoms with Gasteiger partial charge in [0.2, 0.25) is 0 Å². The summed E-state index contributed by atoms with van der Waals surface area (Å²) in [5, 5.41) is 9.95. The normalized spacial score (nSPS) is 12.1. The lowest BCUT2D eigenvalue weighted by Gasteiger charge is -2.18. The second-order valence-electron chi connectivity index (χ2n) is 16.9. The van der Waals surface area contributed by atoms with E-state index in [0.717, 1.165) is 22.7 Å². The molecule has 14 rings (SSSR count). The topological polar surface area (TPSA) is 19.7 Å². The third kappa shape index (κ3) is 4.82. The minimum atomic E-state index is 1.13. The molecule has 0 amide bonds. The molecular formula is C60H38N4. The molecule has 64 heavy (non-hydrogen) atoms. The third-order valence-corrected chi connectivity index (χ3v) is 13.6. The Labute approximate surface area is 368 Å². The zero-order valence-electron chi connectivity index (χ0n) is 34.7. The van der Waals surface area contributed by atoms with Crippen LogP contribution < -0.4 is 0 Å². The van der Waals surface area contributed by atoms with Crippen molar-refractivity contribution < 1.29 is 0 Å². The Hall–Kier alpha value is -8.60. The largest absolute Gasteiger partial charge is 0.309 e. The predicted molar refractivity (Wildman–Crippen MR) is 269 cm³/mol. The zero-order valence-corrected chi connectivity index (χ0v) is 34.7. The molecule has 0 radical (unpaired) electrons. The van der Waals surface area contributed by atoms with Crippen molar-refractivity contribution in [3.05, 3.63) is 231 Å². The van der Waals surface area contributed by atoms with Gasteiger partial charge in [0.05, 0.1) is 55.5 Å². The van der Waals surface area contributed by atoms with Crippen LogP contribution in [0.4, 0.5) is 0 Å². The third-order valence-electron chi connectivity index (χ3n) is 13.6. The maximum atomic E-state index is 2.47. The highest BCUT2D eigenvalue weighted by Crippen LogP contribution is 2.44. The highest BCUT2D eigenvalue weighted by atomic mass is 15.0. The van der Waals surface area contributed by atoms with Crippen LogP contribution in [0.2, 0.25) is 0 Å². The van der Waals surface area contributed by atoms with E-state index in [1.807, 2.05) is 0 Å². The first-order valence-corrected chi connectivity index (χ1v) is 22.0. The van der Waals surface area contributed by atoms with Crippen molar-refractivity contribution in [1.82, 2.24) is 18.3 Å². The van der Waals surface area contributed by atoms with Crippen LogP contribution in [-0.2, 0) is 0 Å². The van der Waals surface area contributed by atoms with Crippen LogP contribution in [0.25, 0.3) is 121 Å². The molecule has 0 aliphatic heterocycles. The Kier molecular flexibility index (Phi) is 7.36. The van der Waals surface area contributed by atoms with Gasteiger partial charge in [-0.2, -0.15) is 0 Å². The quantitative estimate of drug-likeness (QED) is 0.165. The number of aromatic nitrogens is 4. The monoisotopic (exact) mass is 814 g/mol. The van der Waals surface area contributed by atoms with Gasteiger partial charge >= 0.3 is 0 Å². The van der Waals surface area contributed by atoms with Gasteiger partial charge in [-0.3, -0.25) is 0 Å². The molecule has 298 valence electrons. The van der Waals surface area contributed by atoms with E-state index in [1.54, 1.807) is 0 Å². The van der Waals surface area contributed by atoms with Crippen molar-refractivity contribution in [2.75, 3.05) is 0 Å². The molecular weight excluding hydrogens is 777 g/mol. The first-order valence-electron chi connectivity index (χ1n) is 22.0. The minimum Gasteiger partial charge on any atom is -0.309 e. The number of fused-ring (bicyclic) bond motifs is 13. The van der Waals surface area contributed by atoms with Crippen molar-refractivity contribution in [3.63, 3.8) is 0 Å². The summed E-state index contributed by atoms with van der Waals surface area (Å²) in [6.45, 7) is 0. The summed E-state index contributed by atoms with van der Waals surface area (Å²) in [6.07, 6.45) is 0. The van der Waals surface area contributed by atoms with Gasteiger partial charge in [-0.05, 0) is 78.9 Å². The van der Waals surface area contributed by atoms with Crippen molar-refractivity contribution in [2.24, 2.45) is 0 Å². The second-order valence-corrected chi connectivity index (χ2v) is 16.9. The van der Waals surface area contributed by atoms with E-state index in [2.05, 4.69) is 249 Å². The first kappa shape index (κ1) is 35.0. The summed E-state index contributed by atoms with van der Waals surface area (Å²) in [5.41, 5.74) is 16.5. The fourth-order valence-corrected chi connectivity index (χ4v) is 11.0. The molecule has 0 spiro atoms. The summed E-state index contributed by atoms with van der Waals surface area (Å²) in [6, 6.07) is 84.4. The minimum absolute atomic E-state index is 1.13. The van der Waals surface area contributed by atoms with Crippen LogP contribution in [-0.4, -0.2) is 18.3 Å². The summed E-state index contributed by atoms with van der Waals surface area (Å²) in [7, 11) is 0. The summed E-state index contributed by atoms with van der Waals surface area (Å²) in [5.74, 6) is 0. The van der Waals surface area contributed by atoms with Crippen LogP contribution in [0.3, 0.4) is 0 Å². The lowest BCUT2D eigenvalue weighted by atomic mass is 10.0. The number of benzene rings is 10. The Morgan fingerprint density at radius 3 is 1.20 bits per heavy atom. The fourth-order valence-electron chi connectivity index (χ4n) is 11.0. The molecule has 0 aliphatic carbocycles. The molecule has 4 nitrogen and oxygen atoms in total. The Balaban J connectivity index is 1.01. The maximum Gasteiger partial charge on any atom is 0.0641 e. The number of hydrogen-bond acceptors (Lipinski definition) is 0. The number of hydrogen-bond donors (Lipinski definition) is 0. The van der Waals surface area contributed by atoms with Crippen LogP contribution in [0.15, 0.2) is 231 Å². The molecule has 0 unspecified atom stereocenters. The van der Waals surface area contributed by atoms with Crippen LogP contribution in [0, 0.1) is 0 Å². The molecule has 0 saturated carbocycles. The zero-order chi connectivity index (χ0) is 41.9. The highest BCUT2D eigenvalue weighted by molar-refractivity contribution is 6.26. The molecule has 0 aliphatic rings. The molecule has 10 aromatic carbocycles. The molecule has 4 aromatic heterocycles. The van der Waals surface area contributed by atoms with Crippen molar-refractivity contribution in [2.45, 2.75) is 0 Å². The van der Waals surface area contributed by atoms with Gasteiger partial charge in [0, 0.05) is 65.6 Å². The summed E-state index contributed by atoms with van der Waals surface area (Å²) < 4.78 is 9.84. The second kappa shape index (κ2) is 13.4. The van der Waals surface area contributed by atoms with Gasteiger partial charge in [0.1, 0.15) is 0 Å². The van der Waals surface area contributed by atoms with E-state index in [0.29, 0.717) is 0 Å². The van der Waals surface area contributed by atoms with Gasteiger partial charge in [-0.1, -0.05) is 152 Å². The van der Waals surface area contributed by atoms with Gasteiger partial charge < -0.3 is 18.3 Å². The first-order chi connectivity index (χ1) is 31.8. The molecule has 0 saturated heterocycles. The molecule has 0 bridgehead atoms. The van der Waals surface area contributed by atoms with E-state index >= 15 is 0 Å². The Bertz CT molecular complexity index is 4140. The van der Waals surface area contributed by atoms with Crippen LogP contribution in [0.1, 0.15) is 0 Å². The lowest BCUT2D eigenvalue weighted by molar-refractivity contribution is 1.15. The average molecular weight is 815 g/mol. The average Bonchev–Trinajstić information content (AvgIpc) is 4.09. The van der Waals surface area contributed by atoms with E-state index in [-0.39, 0.29) is 0 Å². The molecule has 14 aromatic rings. The van der Waals surface area contributed by atoms with E-state index in [9.17, 15) is 0 Å². The number of nitrogens with zero attached hydrogens (tertiary/aromatic N) is 4. The molecule has 4 heteroatoms. The van der Waals surface area contributed by atoms with Crippen molar-refractivity contribution in [3.8, 4) is 33.9 Å². The van der Waals surface area contributed by atoms with Crippen LogP contribution in [0.5, 0.6) is 0 Å². The number of para-hydroxylation sites is 8. The molecule has 4 heterocycles. The van der Waals surface area contributed by atoms with Gasteiger partial charge in [-0.25, -0.2) is 0 Å². The standard InChI is InChI=1S/C60H38N4/c1-2-18-39(19-3-1)62-50-27-11-8-24-45(50)47-35-37-58-59(60(47)62)48-26-10-17-33-56(48)61(58)40-34-36-57-49(38-40)46-25-9-16-32-55(46)64(57)54-31-15-7-23-44(54)43-22-6-14-30-53(43)63-51-28-12-4-20-41(51)42-21-5-13-29-52(42)63/h1-38H.